The SMILES string of the molecule is CCCCCCC1(O)c2cccc(Cl)c2C(=O)N1C. The number of rotatable bonds is 5. The van der Waals surface area contributed by atoms with E-state index in [2.05, 4.69) is 6.92 Å². The second kappa shape index (κ2) is 5.51. The third-order valence-corrected chi connectivity index (χ3v) is 4.21. The number of amides is 1. The number of aliphatic hydroxyl groups is 1. The molecule has 0 saturated heterocycles. The number of nitrogens with zero attached hydrogens (tertiary/aromatic N) is 1. The van der Waals surface area contributed by atoms with E-state index in [0.29, 0.717) is 22.6 Å². The van der Waals surface area contributed by atoms with Crippen LogP contribution in [0, 0.1) is 0 Å². The van der Waals surface area contributed by atoms with Gasteiger partial charge in [-0.25, -0.2) is 0 Å². The van der Waals surface area contributed by atoms with E-state index in [9.17, 15) is 9.90 Å². The monoisotopic (exact) mass is 281 g/mol. The zero-order chi connectivity index (χ0) is 14.0. The van der Waals surface area contributed by atoms with Crippen LogP contribution >= 0.6 is 11.6 Å². The minimum absolute atomic E-state index is 0.196. The molecule has 1 aliphatic heterocycles. The normalized spacial score (nSPS) is 21.9. The fourth-order valence-corrected chi connectivity index (χ4v) is 2.95. The van der Waals surface area contributed by atoms with E-state index in [0.717, 1.165) is 25.7 Å². The van der Waals surface area contributed by atoms with Crippen LogP contribution < -0.4 is 0 Å². The Bertz CT molecular complexity index is 489. The van der Waals surface area contributed by atoms with Crippen molar-refractivity contribution < 1.29 is 9.90 Å². The Balaban J connectivity index is 2.27. The third kappa shape index (κ3) is 2.37. The van der Waals surface area contributed by atoms with Crippen LogP contribution in [0.3, 0.4) is 0 Å². The van der Waals surface area contributed by atoms with Crippen molar-refractivity contribution in [2.45, 2.75) is 44.8 Å². The Morgan fingerprint density at radius 1 is 1.32 bits per heavy atom. The highest BCUT2D eigenvalue weighted by Crippen LogP contribution is 2.42. The molecule has 4 heteroatoms. The average Bonchev–Trinajstić information content (AvgIpc) is 2.59. The maximum Gasteiger partial charge on any atom is 0.258 e. The summed E-state index contributed by atoms with van der Waals surface area (Å²) in [4.78, 5) is 13.6. The lowest BCUT2D eigenvalue weighted by atomic mass is 9.95. The molecule has 1 heterocycles. The third-order valence-electron chi connectivity index (χ3n) is 3.90. The van der Waals surface area contributed by atoms with Gasteiger partial charge in [-0.3, -0.25) is 4.79 Å². The Morgan fingerprint density at radius 3 is 2.74 bits per heavy atom. The van der Waals surface area contributed by atoms with Crippen molar-refractivity contribution in [3.63, 3.8) is 0 Å². The van der Waals surface area contributed by atoms with Gasteiger partial charge in [0.15, 0.2) is 5.72 Å². The van der Waals surface area contributed by atoms with E-state index in [1.54, 1.807) is 25.2 Å². The molecular formula is C15H20ClNO2. The zero-order valence-electron chi connectivity index (χ0n) is 11.4. The molecule has 0 bridgehead atoms. The van der Waals surface area contributed by atoms with Crippen molar-refractivity contribution in [1.29, 1.82) is 0 Å². The molecule has 1 aromatic carbocycles. The predicted octanol–water partition coefficient (Wildman–Crippen LogP) is 3.54. The van der Waals surface area contributed by atoms with E-state index in [1.165, 1.54) is 4.90 Å². The molecule has 104 valence electrons. The van der Waals surface area contributed by atoms with E-state index in [1.807, 2.05) is 0 Å². The van der Waals surface area contributed by atoms with Crippen LogP contribution in [-0.2, 0) is 5.72 Å². The minimum Gasteiger partial charge on any atom is -0.367 e. The van der Waals surface area contributed by atoms with Crippen molar-refractivity contribution in [3.05, 3.63) is 34.3 Å². The first kappa shape index (κ1) is 14.4. The molecule has 1 atom stereocenters. The molecular weight excluding hydrogens is 262 g/mol. The number of hydrogen-bond donors (Lipinski definition) is 1. The van der Waals surface area contributed by atoms with E-state index in [-0.39, 0.29) is 5.91 Å². The summed E-state index contributed by atoms with van der Waals surface area (Å²) in [7, 11) is 1.64. The summed E-state index contributed by atoms with van der Waals surface area (Å²) in [6, 6.07) is 5.27. The summed E-state index contributed by atoms with van der Waals surface area (Å²) in [5, 5.41) is 11.3. The molecule has 1 aliphatic rings. The molecule has 1 aromatic rings. The Labute approximate surface area is 119 Å². The Morgan fingerprint density at radius 2 is 2.05 bits per heavy atom. The van der Waals surface area contributed by atoms with Crippen LogP contribution in [0.25, 0.3) is 0 Å². The van der Waals surface area contributed by atoms with E-state index in [4.69, 9.17) is 11.6 Å². The molecule has 1 amide bonds. The average molecular weight is 282 g/mol. The lowest BCUT2D eigenvalue weighted by Crippen LogP contribution is -2.40. The van der Waals surface area contributed by atoms with Gasteiger partial charge in [-0.1, -0.05) is 49.9 Å². The highest BCUT2D eigenvalue weighted by atomic mass is 35.5. The largest absolute Gasteiger partial charge is 0.367 e. The summed E-state index contributed by atoms with van der Waals surface area (Å²) < 4.78 is 0. The van der Waals surface area contributed by atoms with Gasteiger partial charge in [-0.15, -0.1) is 0 Å². The maximum atomic E-state index is 12.2. The summed E-state index contributed by atoms with van der Waals surface area (Å²) in [5.41, 5.74) is -0.112. The second-order valence-electron chi connectivity index (χ2n) is 5.15. The van der Waals surface area contributed by atoms with Gasteiger partial charge in [0.2, 0.25) is 0 Å². The number of unbranched alkanes of at least 4 members (excludes halogenated alkanes) is 3. The minimum atomic E-state index is -1.20. The van der Waals surface area contributed by atoms with Crippen LogP contribution in [0.1, 0.15) is 54.9 Å². The number of halogens is 1. The van der Waals surface area contributed by atoms with Gasteiger partial charge in [0.05, 0.1) is 10.6 Å². The number of hydrogen-bond acceptors (Lipinski definition) is 2. The summed E-state index contributed by atoms with van der Waals surface area (Å²) in [6.45, 7) is 2.15. The maximum absolute atomic E-state index is 12.2. The molecule has 0 radical (unpaired) electrons. The summed E-state index contributed by atoms with van der Waals surface area (Å²) in [5.74, 6) is -0.196. The highest BCUT2D eigenvalue weighted by molar-refractivity contribution is 6.34. The van der Waals surface area contributed by atoms with Crippen molar-refractivity contribution in [1.82, 2.24) is 4.90 Å². The van der Waals surface area contributed by atoms with Crippen molar-refractivity contribution in [2.75, 3.05) is 7.05 Å². The highest BCUT2D eigenvalue weighted by Gasteiger charge is 2.46. The summed E-state index contributed by atoms with van der Waals surface area (Å²) >= 11 is 6.08. The van der Waals surface area contributed by atoms with Gasteiger partial charge >= 0.3 is 0 Å². The first-order valence-electron chi connectivity index (χ1n) is 6.82. The number of benzene rings is 1. The van der Waals surface area contributed by atoms with Crippen molar-refractivity contribution in [2.24, 2.45) is 0 Å². The van der Waals surface area contributed by atoms with Crippen LogP contribution in [0.2, 0.25) is 5.02 Å². The molecule has 1 N–H and O–H groups in total. The lowest BCUT2D eigenvalue weighted by Gasteiger charge is -2.31. The van der Waals surface area contributed by atoms with E-state index >= 15 is 0 Å². The first-order chi connectivity index (χ1) is 9.02. The quantitative estimate of drug-likeness (QED) is 0.839. The van der Waals surface area contributed by atoms with Gasteiger partial charge < -0.3 is 10.0 Å². The molecule has 0 fully saturated rings. The number of fused-ring (bicyclic) bond motifs is 1. The summed E-state index contributed by atoms with van der Waals surface area (Å²) in [6.07, 6.45) is 4.82. The second-order valence-corrected chi connectivity index (χ2v) is 5.56. The fraction of sp³-hybridized carbons (Fsp3) is 0.533. The van der Waals surface area contributed by atoms with Gasteiger partial charge in [-0.05, 0) is 18.9 Å². The first-order valence-corrected chi connectivity index (χ1v) is 7.19. The predicted molar refractivity (Wildman–Crippen MR) is 76.2 cm³/mol. The molecule has 2 rings (SSSR count). The van der Waals surface area contributed by atoms with E-state index < -0.39 is 5.72 Å². The van der Waals surface area contributed by atoms with Crippen molar-refractivity contribution >= 4 is 17.5 Å². The topological polar surface area (TPSA) is 40.5 Å². The van der Waals surface area contributed by atoms with Crippen molar-refractivity contribution in [3.8, 4) is 0 Å². The molecule has 0 aromatic heterocycles. The Kier molecular flexibility index (Phi) is 4.16. The zero-order valence-corrected chi connectivity index (χ0v) is 12.2. The molecule has 19 heavy (non-hydrogen) atoms. The molecule has 0 saturated carbocycles. The van der Waals surface area contributed by atoms with Crippen LogP contribution in [0.15, 0.2) is 18.2 Å². The molecule has 0 spiro atoms. The standard InChI is InChI=1S/C15H20ClNO2/c1-3-4-5-6-10-15(19)11-8-7-9-12(16)13(11)14(18)17(15)2/h7-9,19H,3-6,10H2,1-2H3. The van der Waals surface area contributed by atoms with Gasteiger partial charge in [0.1, 0.15) is 0 Å². The van der Waals surface area contributed by atoms with Crippen LogP contribution in [-0.4, -0.2) is 23.0 Å². The van der Waals surface area contributed by atoms with Gasteiger partial charge in [-0.2, -0.15) is 0 Å². The smallest absolute Gasteiger partial charge is 0.258 e. The fourth-order valence-electron chi connectivity index (χ4n) is 2.69. The van der Waals surface area contributed by atoms with Gasteiger partial charge in [0.25, 0.3) is 5.91 Å². The van der Waals surface area contributed by atoms with Crippen LogP contribution in [0.5, 0.6) is 0 Å². The molecule has 1 unspecified atom stereocenters. The van der Waals surface area contributed by atoms with Gasteiger partial charge in [0, 0.05) is 12.6 Å². The lowest BCUT2D eigenvalue weighted by molar-refractivity contribution is -0.0800. The van der Waals surface area contributed by atoms with Crippen LogP contribution in [0.4, 0.5) is 0 Å². The molecule has 3 nitrogen and oxygen atoms in total. The number of carbonyl (C=O) groups excluding carboxylic acids is 1. The molecule has 0 aliphatic carbocycles. The Hall–Kier alpha value is -1.06. The number of carbonyl (C=O) groups is 1.